The topological polar surface area (TPSA) is 42.7 Å². The lowest BCUT2D eigenvalue weighted by atomic mass is 10.3. The van der Waals surface area contributed by atoms with E-state index in [4.69, 9.17) is 0 Å². The number of rotatable bonds is 4. The van der Waals surface area contributed by atoms with Crippen molar-refractivity contribution in [3.05, 3.63) is 11.9 Å². The second-order valence-electron chi connectivity index (χ2n) is 3.56. The monoisotopic (exact) mass is 222 g/mol. The first-order valence-electron chi connectivity index (χ1n) is 4.56. The summed E-state index contributed by atoms with van der Waals surface area (Å²) in [5.41, 5.74) is 0.507. The SMILES string of the molecule is CC(C)NCc1cn(CC(F)(F)F)nn1. The van der Waals surface area contributed by atoms with Crippen LogP contribution in [0.4, 0.5) is 13.2 Å². The molecular weight excluding hydrogens is 209 g/mol. The van der Waals surface area contributed by atoms with E-state index in [9.17, 15) is 13.2 Å². The molecule has 0 fully saturated rings. The number of hydrogen-bond donors (Lipinski definition) is 1. The number of nitrogens with zero attached hydrogens (tertiary/aromatic N) is 3. The Morgan fingerprint density at radius 1 is 1.47 bits per heavy atom. The van der Waals surface area contributed by atoms with Gasteiger partial charge in [-0.2, -0.15) is 13.2 Å². The highest BCUT2D eigenvalue weighted by Crippen LogP contribution is 2.16. The summed E-state index contributed by atoms with van der Waals surface area (Å²) in [6.45, 7) is 3.22. The lowest BCUT2D eigenvalue weighted by Crippen LogP contribution is -2.22. The number of alkyl halides is 3. The van der Waals surface area contributed by atoms with Crippen LogP contribution in [-0.4, -0.2) is 27.2 Å². The minimum absolute atomic E-state index is 0.262. The smallest absolute Gasteiger partial charge is 0.309 e. The second kappa shape index (κ2) is 4.61. The van der Waals surface area contributed by atoms with E-state index in [0.717, 1.165) is 4.68 Å². The van der Waals surface area contributed by atoms with Gasteiger partial charge in [-0.3, -0.25) is 0 Å². The van der Waals surface area contributed by atoms with Crippen LogP contribution in [0.1, 0.15) is 19.5 Å². The molecular formula is C8H13F3N4. The molecule has 4 nitrogen and oxygen atoms in total. The van der Waals surface area contributed by atoms with Gasteiger partial charge in [0, 0.05) is 12.6 Å². The van der Waals surface area contributed by atoms with Gasteiger partial charge < -0.3 is 5.32 Å². The molecule has 0 atom stereocenters. The molecule has 0 bridgehead atoms. The van der Waals surface area contributed by atoms with Crippen molar-refractivity contribution in [1.82, 2.24) is 20.3 Å². The Bertz CT molecular complexity index is 305. The molecule has 1 N–H and O–H groups in total. The zero-order valence-electron chi connectivity index (χ0n) is 8.54. The first-order valence-corrected chi connectivity index (χ1v) is 4.56. The maximum atomic E-state index is 12.0. The largest absolute Gasteiger partial charge is 0.408 e. The van der Waals surface area contributed by atoms with Crippen molar-refractivity contribution < 1.29 is 13.2 Å². The summed E-state index contributed by atoms with van der Waals surface area (Å²) in [4.78, 5) is 0. The molecule has 0 saturated heterocycles. The zero-order valence-corrected chi connectivity index (χ0v) is 8.54. The van der Waals surface area contributed by atoms with Crippen LogP contribution in [0.15, 0.2) is 6.20 Å². The summed E-state index contributed by atoms with van der Waals surface area (Å²) in [6, 6.07) is 0.262. The van der Waals surface area contributed by atoms with Gasteiger partial charge in [0.25, 0.3) is 0 Å². The van der Waals surface area contributed by atoms with Crippen molar-refractivity contribution in [3.63, 3.8) is 0 Å². The summed E-state index contributed by atoms with van der Waals surface area (Å²) in [7, 11) is 0. The van der Waals surface area contributed by atoms with E-state index in [1.54, 1.807) is 0 Å². The molecule has 1 aromatic heterocycles. The van der Waals surface area contributed by atoms with E-state index in [2.05, 4.69) is 15.6 Å². The molecule has 15 heavy (non-hydrogen) atoms. The van der Waals surface area contributed by atoms with Crippen molar-refractivity contribution >= 4 is 0 Å². The average molecular weight is 222 g/mol. The third kappa shape index (κ3) is 4.78. The predicted octanol–water partition coefficient (Wildman–Crippen LogP) is 1.34. The van der Waals surface area contributed by atoms with Gasteiger partial charge in [-0.05, 0) is 0 Å². The number of nitrogens with one attached hydrogen (secondary N) is 1. The third-order valence-electron chi connectivity index (χ3n) is 1.62. The summed E-state index contributed by atoms with van der Waals surface area (Å²) < 4.78 is 36.7. The van der Waals surface area contributed by atoms with Crippen molar-refractivity contribution in [2.45, 2.75) is 39.2 Å². The van der Waals surface area contributed by atoms with Crippen molar-refractivity contribution in [2.24, 2.45) is 0 Å². The molecule has 1 aromatic rings. The van der Waals surface area contributed by atoms with E-state index in [0.29, 0.717) is 12.2 Å². The quantitative estimate of drug-likeness (QED) is 0.835. The van der Waals surface area contributed by atoms with E-state index in [1.165, 1.54) is 6.20 Å². The van der Waals surface area contributed by atoms with Crippen LogP contribution in [0.3, 0.4) is 0 Å². The van der Waals surface area contributed by atoms with Gasteiger partial charge in [0.1, 0.15) is 6.54 Å². The first-order chi connectivity index (χ1) is 6.87. The lowest BCUT2D eigenvalue weighted by molar-refractivity contribution is -0.142. The Balaban J connectivity index is 2.49. The molecule has 1 heterocycles. The summed E-state index contributed by atoms with van der Waals surface area (Å²) in [6.07, 6.45) is -2.96. The van der Waals surface area contributed by atoms with Crippen LogP contribution in [-0.2, 0) is 13.1 Å². The first kappa shape index (κ1) is 12.0. The molecule has 0 aliphatic heterocycles. The number of hydrogen-bond acceptors (Lipinski definition) is 3. The number of aromatic nitrogens is 3. The van der Waals surface area contributed by atoms with Gasteiger partial charge in [0.2, 0.25) is 0 Å². The van der Waals surface area contributed by atoms with Crippen LogP contribution in [0.2, 0.25) is 0 Å². The van der Waals surface area contributed by atoms with E-state index < -0.39 is 12.7 Å². The van der Waals surface area contributed by atoms with E-state index in [-0.39, 0.29) is 6.04 Å². The van der Waals surface area contributed by atoms with Gasteiger partial charge in [0.05, 0.1) is 11.9 Å². The van der Waals surface area contributed by atoms with Crippen LogP contribution < -0.4 is 5.32 Å². The molecule has 0 aliphatic carbocycles. The lowest BCUT2D eigenvalue weighted by Gasteiger charge is -2.05. The summed E-state index contributed by atoms with van der Waals surface area (Å²) in [5.74, 6) is 0. The molecule has 86 valence electrons. The Morgan fingerprint density at radius 3 is 2.67 bits per heavy atom. The molecule has 0 aromatic carbocycles. The minimum Gasteiger partial charge on any atom is -0.309 e. The highest BCUT2D eigenvalue weighted by molar-refractivity contribution is 4.91. The minimum atomic E-state index is -4.25. The number of halogens is 3. The summed E-state index contributed by atoms with van der Waals surface area (Å²) in [5, 5.41) is 10.0. The standard InChI is InChI=1S/C8H13F3N4/c1-6(2)12-3-7-4-15(14-13-7)5-8(9,10)11/h4,6,12H,3,5H2,1-2H3. The fraction of sp³-hybridized carbons (Fsp3) is 0.750. The molecule has 0 amide bonds. The second-order valence-corrected chi connectivity index (χ2v) is 3.56. The maximum absolute atomic E-state index is 12.0. The molecule has 0 saturated carbocycles. The van der Waals surface area contributed by atoms with Crippen LogP contribution in [0.25, 0.3) is 0 Å². The predicted molar refractivity (Wildman–Crippen MR) is 48.1 cm³/mol. The summed E-state index contributed by atoms with van der Waals surface area (Å²) >= 11 is 0. The molecule has 0 unspecified atom stereocenters. The van der Waals surface area contributed by atoms with Crippen LogP contribution >= 0.6 is 0 Å². The van der Waals surface area contributed by atoms with Crippen molar-refractivity contribution in [3.8, 4) is 0 Å². The van der Waals surface area contributed by atoms with Crippen LogP contribution in [0, 0.1) is 0 Å². The van der Waals surface area contributed by atoms with Gasteiger partial charge in [-0.1, -0.05) is 19.1 Å². The molecule has 1 rings (SSSR count). The Hall–Kier alpha value is -1.11. The average Bonchev–Trinajstić information content (AvgIpc) is 2.45. The Kier molecular flexibility index (Phi) is 3.67. The molecule has 0 radical (unpaired) electrons. The maximum Gasteiger partial charge on any atom is 0.408 e. The van der Waals surface area contributed by atoms with E-state index in [1.807, 2.05) is 13.8 Å². The van der Waals surface area contributed by atoms with Crippen molar-refractivity contribution in [1.29, 1.82) is 0 Å². The van der Waals surface area contributed by atoms with Gasteiger partial charge >= 0.3 is 6.18 Å². The van der Waals surface area contributed by atoms with Crippen LogP contribution in [0.5, 0.6) is 0 Å². The highest BCUT2D eigenvalue weighted by Gasteiger charge is 2.28. The highest BCUT2D eigenvalue weighted by atomic mass is 19.4. The van der Waals surface area contributed by atoms with Crippen molar-refractivity contribution in [2.75, 3.05) is 0 Å². The molecule has 0 aliphatic rings. The van der Waals surface area contributed by atoms with Gasteiger partial charge in [-0.25, -0.2) is 4.68 Å². The fourth-order valence-electron chi connectivity index (χ4n) is 0.989. The molecule has 0 spiro atoms. The van der Waals surface area contributed by atoms with E-state index >= 15 is 0 Å². The fourth-order valence-corrected chi connectivity index (χ4v) is 0.989. The normalized spacial score (nSPS) is 12.4. The Morgan fingerprint density at radius 2 is 2.13 bits per heavy atom. The van der Waals surface area contributed by atoms with Gasteiger partial charge in [-0.15, -0.1) is 5.10 Å². The molecule has 7 heteroatoms. The zero-order chi connectivity index (χ0) is 11.5. The van der Waals surface area contributed by atoms with Gasteiger partial charge in [0.15, 0.2) is 0 Å². The Labute approximate surface area is 85.5 Å². The third-order valence-corrected chi connectivity index (χ3v) is 1.62.